The molecule has 7 rings (SSSR count). The Hall–Kier alpha value is -4.95. The lowest BCUT2D eigenvalue weighted by atomic mass is 9.85. The molecule has 222 valence electrons. The Morgan fingerprint density at radius 2 is 0.956 bits per heavy atom. The van der Waals surface area contributed by atoms with Gasteiger partial charge in [0, 0.05) is 27.4 Å². The van der Waals surface area contributed by atoms with Crippen LogP contribution in [0.25, 0.3) is 66.6 Å². The van der Waals surface area contributed by atoms with Crippen molar-refractivity contribution in [3.05, 3.63) is 139 Å². The predicted molar refractivity (Wildman–Crippen MR) is 193 cm³/mol. The standard InChI is InChI=1S/C43H40N2/c1-42(2,3)33-21-17-28(18-22-33)30-25-31(29-19-23-34(24-20-29)43(4,5)6)27-32(26-30)38-15-10-16-40(44-38)37-13-9-12-36-35-11-7-8-14-39(35)45-41(36)37/h7-27,45H,1-6H3. The second kappa shape index (κ2) is 10.9. The quantitative estimate of drug-likeness (QED) is 0.219. The molecule has 2 nitrogen and oxygen atoms in total. The lowest BCUT2D eigenvalue weighted by molar-refractivity contribution is 0.590. The van der Waals surface area contributed by atoms with Crippen LogP contribution in [0.3, 0.4) is 0 Å². The molecule has 0 unspecified atom stereocenters. The average Bonchev–Trinajstić information content (AvgIpc) is 3.43. The number of rotatable bonds is 4. The molecule has 0 spiro atoms. The van der Waals surface area contributed by atoms with Gasteiger partial charge in [0.1, 0.15) is 0 Å². The van der Waals surface area contributed by atoms with Gasteiger partial charge in [0.05, 0.1) is 16.9 Å². The maximum atomic E-state index is 5.28. The van der Waals surface area contributed by atoms with Crippen LogP contribution in [0.15, 0.2) is 127 Å². The summed E-state index contributed by atoms with van der Waals surface area (Å²) >= 11 is 0. The number of hydrogen-bond acceptors (Lipinski definition) is 1. The molecule has 45 heavy (non-hydrogen) atoms. The molecule has 1 N–H and O–H groups in total. The molecule has 0 aliphatic carbocycles. The first-order valence-electron chi connectivity index (χ1n) is 15.9. The molecule has 0 radical (unpaired) electrons. The Morgan fingerprint density at radius 1 is 0.444 bits per heavy atom. The molecule has 0 saturated heterocycles. The van der Waals surface area contributed by atoms with Gasteiger partial charge >= 0.3 is 0 Å². The lowest BCUT2D eigenvalue weighted by Gasteiger charge is -2.20. The fourth-order valence-corrected chi connectivity index (χ4v) is 6.27. The van der Waals surface area contributed by atoms with Crippen LogP contribution in [0.5, 0.6) is 0 Å². The summed E-state index contributed by atoms with van der Waals surface area (Å²) in [6, 6.07) is 46.3. The first kappa shape index (κ1) is 28.8. The molecule has 2 heteroatoms. The van der Waals surface area contributed by atoms with Crippen molar-refractivity contribution in [3.63, 3.8) is 0 Å². The molecule has 0 aliphatic rings. The Kier molecular flexibility index (Phi) is 6.97. The maximum Gasteiger partial charge on any atom is 0.0730 e. The number of nitrogens with zero attached hydrogens (tertiary/aromatic N) is 1. The Bertz CT molecular complexity index is 2070. The van der Waals surface area contributed by atoms with E-state index in [2.05, 4.69) is 174 Å². The molecular formula is C43H40N2. The summed E-state index contributed by atoms with van der Waals surface area (Å²) in [5.74, 6) is 0. The highest BCUT2D eigenvalue weighted by Crippen LogP contribution is 2.37. The largest absolute Gasteiger partial charge is 0.354 e. The topological polar surface area (TPSA) is 28.7 Å². The van der Waals surface area contributed by atoms with E-state index >= 15 is 0 Å². The van der Waals surface area contributed by atoms with Crippen molar-refractivity contribution < 1.29 is 0 Å². The molecule has 0 saturated carbocycles. The van der Waals surface area contributed by atoms with Crippen LogP contribution in [0.1, 0.15) is 52.7 Å². The van der Waals surface area contributed by atoms with E-state index in [0.717, 1.165) is 33.5 Å². The SMILES string of the molecule is CC(C)(C)c1ccc(-c2cc(-c3ccc(C(C)(C)C)cc3)cc(-c3cccc(-c4cccc5c4[nH]c4ccccc45)n3)c2)cc1. The smallest absolute Gasteiger partial charge is 0.0730 e. The molecule has 0 atom stereocenters. The van der Waals surface area contributed by atoms with Gasteiger partial charge in [0.25, 0.3) is 0 Å². The van der Waals surface area contributed by atoms with Crippen LogP contribution >= 0.6 is 0 Å². The summed E-state index contributed by atoms with van der Waals surface area (Å²) in [6.07, 6.45) is 0. The first-order chi connectivity index (χ1) is 21.5. The number of nitrogens with one attached hydrogen (secondary N) is 1. The van der Waals surface area contributed by atoms with E-state index in [9.17, 15) is 0 Å². The summed E-state index contributed by atoms with van der Waals surface area (Å²) in [5.41, 5.74) is 14.1. The highest BCUT2D eigenvalue weighted by molar-refractivity contribution is 6.11. The number of para-hydroxylation sites is 2. The number of fused-ring (bicyclic) bond motifs is 3. The maximum absolute atomic E-state index is 5.28. The molecule has 0 fully saturated rings. The van der Waals surface area contributed by atoms with Crippen LogP contribution in [-0.4, -0.2) is 9.97 Å². The van der Waals surface area contributed by atoms with Crippen LogP contribution in [0.2, 0.25) is 0 Å². The van der Waals surface area contributed by atoms with Crippen LogP contribution < -0.4 is 0 Å². The summed E-state index contributed by atoms with van der Waals surface area (Å²) in [7, 11) is 0. The van der Waals surface area contributed by atoms with E-state index < -0.39 is 0 Å². The van der Waals surface area contributed by atoms with Gasteiger partial charge in [-0.25, -0.2) is 4.98 Å². The van der Waals surface area contributed by atoms with Gasteiger partial charge in [-0.1, -0.05) is 133 Å². The second-order valence-electron chi connectivity index (χ2n) is 14.3. The molecule has 0 aliphatic heterocycles. The number of H-pyrrole nitrogens is 1. The normalized spacial score (nSPS) is 12.2. The van der Waals surface area contributed by atoms with Crippen molar-refractivity contribution in [3.8, 4) is 44.8 Å². The van der Waals surface area contributed by atoms with Gasteiger partial charge in [-0.3, -0.25) is 0 Å². The minimum absolute atomic E-state index is 0.110. The Balaban J connectivity index is 1.36. The lowest BCUT2D eigenvalue weighted by Crippen LogP contribution is -2.10. The zero-order chi connectivity index (χ0) is 31.3. The Morgan fingerprint density at radius 3 is 1.56 bits per heavy atom. The van der Waals surface area contributed by atoms with Crippen LogP contribution in [-0.2, 0) is 10.8 Å². The van der Waals surface area contributed by atoms with E-state index in [0.29, 0.717) is 0 Å². The zero-order valence-corrected chi connectivity index (χ0v) is 27.1. The number of aromatic amines is 1. The number of pyridine rings is 1. The fourth-order valence-electron chi connectivity index (χ4n) is 6.27. The number of aromatic nitrogens is 2. The van der Waals surface area contributed by atoms with Crippen molar-refractivity contribution in [2.45, 2.75) is 52.4 Å². The number of hydrogen-bond donors (Lipinski definition) is 1. The van der Waals surface area contributed by atoms with Gasteiger partial charge in [-0.15, -0.1) is 0 Å². The molecule has 2 aromatic heterocycles. The molecule has 7 aromatic rings. The van der Waals surface area contributed by atoms with Crippen molar-refractivity contribution in [2.24, 2.45) is 0 Å². The molecule has 0 bridgehead atoms. The summed E-state index contributed by atoms with van der Waals surface area (Å²) in [4.78, 5) is 8.93. The van der Waals surface area contributed by atoms with Gasteiger partial charge in [0.15, 0.2) is 0 Å². The average molecular weight is 585 g/mol. The first-order valence-corrected chi connectivity index (χ1v) is 15.9. The third kappa shape index (κ3) is 5.58. The third-order valence-corrected chi connectivity index (χ3v) is 8.96. The fraction of sp³-hybridized carbons (Fsp3) is 0.186. The molecule has 5 aromatic carbocycles. The van der Waals surface area contributed by atoms with Crippen LogP contribution in [0.4, 0.5) is 0 Å². The summed E-state index contributed by atoms with van der Waals surface area (Å²) in [5, 5.41) is 2.45. The van der Waals surface area contributed by atoms with Crippen molar-refractivity contribution in [1.82, 2.24) is 9.97 Å². The van der Waals surface area contributed by atoms with E-state index in [1.807, 2.05) is 0 Å². The third-order valence-electron chi connectivity index (χ3n) is 8.96. The van der Waals surface area contributed by atoms with E-state index in [4.69, 9.17) is 4.98 Å². The minimum Gasteiger partial charge on any atom is -0.354 e. The van der Waals surface area contributed by atoms with Gasteiger partial charge < -0.3 is 4.98 Å². The highest BCUT2D eigenvalue weighted by atomic mass is 14.7. The van der Waals surface area contributed by atoms with E-state index in [1.165, 1.54) is 44.2 Å². The number of benzene rings is 5. The van der Waals surface area contributed by atoms with Crippen LogP contribution in [0, 0.1) is 0 Å². The van der Waals surface area contributed by atoms with Gasteiger partial charge in [-0.2, -0.15) is 0 Å². The van der Waals surface area contributed by atoms with Crippen molar-refractivity contribution in [2.75, 3.05) is 0 Å². The minimum atomic E-state index is 0.110. The monoisotopic (exact) mass is 584 g/mol. The van der Waals surface area contributed by atoms with Crippen molar-refractivity contribution in [1.29, 1.82) is 0 Å². The van der Waals surface area contributed by atoms with Crippen molar-refractivity contribution >= 4 is 21.8 Å². The highest BCUT2D eigenvalue weighted by Gasteiger charge is 2.17. The van der Waals surface area contributed by atoms with E-state index in [1.54, 1.807) is 0 Å². The molecule has 0 amide bonds. The van der Waals surface area contributed by atoms with E-state index in [-0.39, 0.29) is 10.8 Å². The molecule has 2 heterocycles. The summed E-state index contributed by atoms with van der Waals surface area (Å²) < 4.78 is 0. The Labute approximate surface area is 266 Å². The second-order valence-corrected chi connectivity index (χ2v) is 14.3. The summed E-state index contributed by atoms with van der Waals surface area (Å²) in [6.45, 7) is 13.6. The predicted octanol–water partition coefficient (Wildman–Crippen LogP) is 12.0. The molecular weight excluding hydrogens is 544 g/mol. The van der Waals surface area contributed by atoms with Gasteiger partial charge in [0.2, 0.25) is 0 Å². The van der Waals surface area contributed by atoms with Gasteiger partial charge in [-0.05, 0) is 80.6 Å². The zero-order valence-electron chi connectivity index (χ0n) is 27.1.